The Bertz CT molecular complexity index is 1060. The average Bonchev–Trinajstić information content (AvgIpc) is 2.75. The zero-order valence-corrected chi connectivity index (χ0v) is 19.4. The molecule has 32 heavy (non-hydrogen) atoms. The van der Waals surface area contributed by atoms with Gasteiger partial charge < -0.3 is 10.2 Å². The van der Waals surface area contributed by atoms with Crippen molar-refractivity contribution in [2.45, 2.75) is 46.2 Å². The van der Waals surface area contributed by atoms with E-state index in [1.807, 2.05) is 81.4 Å². The van der Waals surface area contributed by atoms with Gasteiger partial charge in [0.15, 0.2) is 0 Å². The minimum Gasteiger partial charge on any atom is -0.357 e. The molecule has 0 bridgehead atoms. The molecule has 3 aromatic rings. The van der Waals surface area contributed by atoms with Gasteiger partial charge in [-0.1, -0.05) is 89.5 Å². The van der Waals surface area contributed by atoms with Crippen molar-refractivity contribution in [3.63, 3.8) is 0 Å². The molecule has 166 valence electrons. The summed E-state index contributed by atoms with van der Waals surface area (Å²) >= 11 is 0. The van der Waals surface area contributed by atoms with E-state index < -0.39 is 6.04 Å². The summed E-state index contributed by atoms with van der Waals surface area (Å²) in [4.78, 5) is 28.3. The number of aryl methyl sites for hydroxylation is 3. The van der Waals surface area contributed by atoms with Crippen molar-refractivity contribution in [3.8, 4) is 0 Å². The molecule has 3 aromatic carbocycles. The second kappa shape index (κ2) is 10.8. The molecule has 0 aliphatic heterocycles. The highest BCUT2D eigenvalue weighted by atomic mass is 16.2. The van der Waals surface area contributed by atoms with Gasteiger partial charge in [0.2, 0.25) is 11.8 Å². The van der Waals surface area contributed by atoms with Gasteiger partial charge in [-0.2, -0.15) is 0 Å². The van der Waals surface area contributed by atoms with Crippen LogP contribution < -0.4 is 5.32 Å². The summed E-state index contributed by atoms with van der Waals surface area (Å²) in [7, 11) is 1.62. The molecule has 0 heterocycles. The summed E-state index contributed by atoms with van der Waals surface area (Å²) in [5, 5.41) is 2.77. The second-order valence-electron chi connectivity index (χ2n) is 8.50. The van der Waals surface area contributed by atoms with Crippen LogP contribution in [-0.4, -0.2) is 29.8 Å². The van der Waals surface area contributed by atoms with E-state index in [0.29, 0.717) is 13.0 Å². The van der Waals surface area contributed by atoms with Crippen molar-refractivity contribution >= 4 is 11.8 Å². The number of hydrogen-bond donors (Lipinski definition) is 1. The quantitative estimate of drug-likeness (QED) is 0.573. The fourth-order valence-corrected chi connectivity index (χ4v) is 4.17. The van der Waals surface area contributed by atoms with Crippen LogP contribution in [0.25, 0.3) is 0 Å². The molecule has 2 amide bonds. The Morgan fingerprint density at radius 1 is 0.781 bits per heavy atom. The standard InChI is InChI=1S/C28H32N2O2/c1-20-9-8-12-24(14-20)19-30(27(31)18-25-15-21(2)13-22(3)16-25)26(28(32)29-4)17-23-10-6-5-7-11-23/h5-16,26H,17-19H2,1-4H3,(H,29,32). The first kappa shape index (κ1) is 23.3. The lowest BCUT2D eigenvalue weighted by Crippen LogP contribution is -2.50. The SMILES string of the molecule is CNC(=O)C(Cc1ccccc1)N(Cc1cccc(C)c1)C(=O)Cc1cc(C)cc(C)c1. The van der Waals surface area contributed by atoms with E-state index in [4.69, 9.17) is 0 Å². The third kappa shape index (κ3) is 6.30. The number of carbonyl (C=O) groups excluding carboxylic acids is 2. The van der Waals surface area contributed by atoms with Crippen LogP contribution in [0.5, 0.6) is 0 Å². The molecule has 0 fully saturated rings. The molecule has 3 rings (SSSR count). The molecular weight excluding hydrogens is 396 g/mol. The van der Waals surface area contributed by atoms with Crippen molar-refractivity contribution < 1.29 is 9.59 Å². The smallest absolute Gasteiger partial charge is 0.242 e. The molecule has 0 aliphatic carbocycles. The zero-order valence-electron chi connectivity index (χ0n) is 19.4. The Balaban J connectivity index is 1.96. The van der Waals surface area contributed by atoms with Gasteiger partial charge in [-0.25, -0.2) is 0 Å². The molecule has 0 aliphatic rings. The van der Waals surface area contributed by atoms with Gasteiger partial charge in [-0.3, -0.25) is 9.59 Å². The van der Waals surface area contributed by atoms with Crippen molar-refractivity contribution in [2.24, 2.45) is 0 Å². The topological polar surface area (TPSA) is 49.4 Å². The molecule has 0 saturated heterocycles. The number of amides is 2. The molecular formula is C28H32N2O2. The van der Waals surface area contributed by atoms with E-state index in [0.717, 1.165) is 33.4 Å². The first-order valence-corrected chi connectivity index (χ1v) is 11.0. The first-order chi connectivity index (χ1) is 15.4. The molecule has 4 heteroatoms. The third-order valence-corrected chi connectivity index (χ3v) is 5.59. The summed E-state index contributed by atoms with van der Waals surface area (Å²) < 4.78 is 0. The summed E-state index contributed by atoms with van der Waals surface area (Å²) in [5.41, 5.74) is 6.39. The van der Waals surface area contributed by atoms with Crippen LogP contribution in [0.3, 0.4) is 0 Å². The van der Waals surface area contributed by atoms with Gasteiger partial charge in [0.25, 0.3) is 0 Å². The number of nitrogens with one attached hydrogen (secondary N) is 1. The van der Waals surface area contributed by atoms with Gasteiger partial charge in [0.1, 0.15) is 6.04 Å². The zero-order chi connectivity index (χ0) is 23.1. The van der Waals surface area contributed by atoms with Gasteiger partial charge in [0.05, 0.1) is 6.42 Å². The molecule has 1 atom stereocenters. The van der Waals surface area contributed by atoms with Crippen LogP contribution in [0.1, 0.15) is 33.4 Å². The maximum absolute atomic E-state index is 13.6. The van der Waals surface area contributed by atoms with Crippen LogP contribution in [0, 0.1) is 20.8 Å². The predicted molar refractivity (Wildman–Crippen MR) is 129 cm³/mol. The summed E-state index contributed by atoms with van der Waals surface area (Å²) in [6.07, 6.45) is 0.724. The summed E-state index contributed by atoms with van der Waals surface area (Å²) in [5.74, 6) is -0.212. The van der Waals surface area contributed by atoms with Gasteiger partial charge >= 0.3 is 0 Å². The lowest BCUT2D eigenvalue weighted by atomic mass is 10.00. The normalized spacial score (nSPS) is 11.6. The summed E-state index contributed by atoms with van der Waals surface area (Å²) in [6, 6.07) is 23.5. The van der Waals surface area contributed by atoms with Gasteiger partial charge in [-0.15, -0.1) is 0 Å². The molecule has 1 unspecified atom stereocenters. The number of rotatable bonds is 8. The number of hydrogen-bond acceptors (Lipinski definition) is 2. The van der Waals surface area contributed by atoms with Crippen LogP contribution in [-0.2, 0) is 29.0 Å². The predicted octanol–water partition coefficient (Wildman–Crippen LogP) is 4.54. The highest BCUT2D eigenvalue weighted by Crippen LogP contribution is 2.18. The van der Waals surface area contributed by atoms with E-state index in [-0.39, 0.29) is 18.2 Å². The largest absolute Gasteiger partial charge is 0.357 e. The van der Waals surface area contributed by atoms with E-state index in [1.54, 1.807) is 11.9 Å². The van der Waals surface area contributed by atoms with Crippen LogP contribution in [0.15, 0.2) is 72.8 Å². The number of nitrogens with zero attached hydrogens (tertiary/aromatic N) is 1. The Hall–Kier alpha value is -3.40. The Morgan fingerprint density at radius 2 is 1.41 bits per heavy atom. The van der Waals surface area contributed by atoms with Crippen molar-refractivity contribution in [1.82, 2.24) is 10.2 Å². The van der Waals surface area contributed by atoms with E-state index >= 15 is 0 Å². The van der Waals surface area contributed by atoms with Crippen molar-refractivity contribution in [3.05, 3.63) is 106 Å². The first-order valence-electron chi connectivity index (χ1n) is 11.0. The Morgan fingerprint density at radius 3 is 2.03 bits per heavy atom. The minimum absolute atomic E-state index is 0.0546. The van der Waals surface area contributed by atoms with E-state index in [9.17, 15) is 9.59 Å². The highest BCUT2D eigenvalue weighted by Gasteiger charge is 2.29. The van der Waals surface area contributed by atoms with Crippen molar-refractivity contribution in [2.75, 3.05) is 7.05 Å². The molecule has 0 aromatic heterocycles. The van der Waals surface area contributed by atoms with Gasteiger partial charge in [0, 0.05) is 20.0 Å². The lowest BCUT2D eigenvalue weighted by molar-refractivity contribution is -0.140. The van der Waals surface area contributed by atoms with Crippen LogP contribution >= 0.6 is 0 Å². The highest BCUT2D eigenvalue weighted by molar-refractivity contribution is 5.88. The molecule has 1 N–H and O–H groups in total. The second-order valence-corrected chi connectivity index (χ2v) is 8.50. The van der Waals surface area contributed by atoms with E-state index in [2.05, 4.69) is 17.4 Å². The van der Waals surface area contributed by atoms with E-state index in [1.165, 1.54) is 0 Å². The maximum Gasteiger partial charge on any atom is 0.242 e. The molecule has 4 nitrogen and oxygen atoms in total. The number of benzene rings is 3. The molecule has 0 radical (unpaired) electrons. The fourth-order valence-electron chi connectivity index (χ4n) is 4.17. The fraction of sp³-hybridized carbons (Fsp3) is 0.286. The van der Waals surface area contributed by atoms with Gasteiger partial charge in [-0.05, 0) is 37.5 Å². The maximum atomic E-state index is 13.6. The van der Waals surface area contributed by atoms with Crippen LogP contribution in [0.4, 0.5) is 0 Å². The summed E-state index contributed by atoms with van der Waals surface area (Å²) in [6.45, 7) is 6.49. The van der Waals surface area contributed by atoms with Crippen molar-refractivity contribution in [1.29, 1.82) is 0 Å². The third-order valence-electron chi connectivity index (χ3n) is 5.59. The number of carbonyl (C=O) groups is 2. The Labute approximate surface area is 191 Å². The molecule has 0 saturated carbocycles. The Kier molecular flexibility index (Phi) is 7.82. The van der Waals surface area contributed by atoms with Crippen LogP contribution in [0.2, 0.25) is 0 Å². The minimum atomic E-state index is -0.596. The molecule has 0 spiro atoms. The average molecular weight is 429 g/mol. The number of likely N-dealkylation sites (N-methyl/N-ethyl adjacent to an activating group) is 1. The monoisotopic (exact) mass is 428 g/mol. The lowest BCUT2D eigenvalue weighted by Gasteiger charge is -2.31.